The molecule has 2 nitrogen and oxygen atoms in total. The molecule has 0 aliphatic heterocycles. The highest BCUT2D eigenvalue weighted by atomic mass is 19.4. The maximum atomic E-state index is 12.3. The Morgan fingerprint density at radius 2 is 1.93 bits per heavy atom. The third-order valence-electron chi connectivity index (χ3n) is 2.76. The Morgan fingerprint density at radius 1 is 1.27 bits per heavy atom. The lowest BCUT2D eigenvalue weighted by atomic mass is 10.1. The second-order valence-electron chi connectivity index (χ2n) is 4.10. The molecule has 0 aromatic carbocycles. The second-order valence-corrected chi connectivity index (χ2v) is 4.10. The van der Waals surface area contributed by atoms with Crippen LogP contribution in [0, 0.1) is 5.41 Å². The van der Waals surface area contributed by atoms with Crippen LogP contribution in [0.4, 0.5) is 13.2 Å². The maximum absolute atomic E-state index is 12.3. The molecule has 0 amide bonds. The molecular formula is C10H13F3N2. The summed E-state index contributed by atoms with van der Waals surface area (Å²) in [6, 6.07) is 0.356. The zero-order valence-electron chi connectivity index (χ0n) is 8.25. The van der Waals surface area contributed by atoms with E-state index in [2.05, 4.69) is 5.32 Å². The van der Waals surface area contributed by atoms with Gasteiger partial charge >= 0.3 is 6.18 Å². The van der Waals surface area contributed by atoms with Crippen LogP contribution in [0.25, 0.3) is 0 Å². The number of hydrogen-bond acceptors (Lipinski definition) is 2. The predicted molar refractivity (Wildman–Crippen MR) is 50.8 cm³/mol. The van der Waals surface area contributed by atoms with Gasteiger partial charge in [0.1, 0.15) is 5.71 Å². The first-order valence-electron chi connectivity index (χ1n) is 5.13. The molecule has 2 aliphatic carbocycles. The van der Waals surface area contributed by atoms with E-state index in [-0.39, 0.29) is 5.57 Å². The van der Waals surface area contributed by atoms with Gasteiger partial charge in [0.15, 0.2) is 0 Å². The standard InChI is InChI=1S/C10H13F3N2/c11-10(12,13)9(14)7-2-1-3-8(7)15-6-4-5-6/h6,14-15H,1-5H2. The summed E-state index contributed by atoms with van der Waals surface area (Å²) < 4.78 is 37.0. The van der Waals surface area contributed by atoms with Crippen LogP contribution in [0.15, 0.2) is 11.3 Å². The van der Waals surface area contributed by atoms with Crippen molar-refractivity contribution in [2.75, 3.05) is 0 Å². The molecule has 0 saturated heterocycles. The molecule has 0 unspecified atom stereocenters. The predicted octanol–water partition coefficient (Wildman–Crippen LogP) is 2.76. The molecule has 0 aromatic rings. The molecule has 84 valence electrons. The average Bonchev–Trinajstić information content (AvgIpc) is 2.80. The van der Waals surface area contributed by atoms with Gasteiger partial charge in [-0.15, -0.1) is 0 Å². The molecule has 1 saturated carbocycles. The quantitative estimate of drug-likeness (QED) is 0.702. The first-order chi connectivity index (χ1) is 6.98. The van der Waals surface area contributed by atoms with E-state index in [0.29, 0.717) is 24.6 Å². The van der Waals surface area contributed by atoms with Crippen molar-refractivity contribution in [3.05, 3.63) is 11.3 Å². The highest BCUT2D eigenvalue weighted by Crippen LogP contribution is 2.33. The summed E-state index contributed by atoms with van der Waals surface area (Å²) in [5.41, 5.74) is -0.336. The second kappa shape index (κ2) is 3.54. The molecule has 0 atom stereocenters. The fourth-order valence-electron chi connectivity index (χ4n) is 1.82. The van der Waals surface area contributed by atoms with E-state index in [9.17, 15) is 13.2 Å². The normalized spacial score (nSPS) is 22.1. The van der Waals surface area contributed by atoms with Crippen molar-refractivity contribution in [3.8, 4) is 0 Å². The van der Waals surface area contributed by atoms with Gasteiger partial charge < -0.3 is 5.32 Å². The number of rotatable bonds is 3. The van der Waals surface area contributed by atoms with Crippen molar-refractivity contribution < 1.29 is 13.2 Å². The molecule has 5 heteroatoms. The Kier molecular flexibility index (Phi) is 2.48. The van der Waals surface area contributed by atoms with Crippen LogP contribution in [0.3, 0.4) is 0 Å². The van der Waals surface area contributed by atoms with Gasteiger partial charge in [0, 0.05) is 17.3 Å². The van der Waals surface area contributed by atoms with Crippen LogP contribution >= 0.6 is 0 Å². The first kappa shape index (κ1) is 10.5. The summed E-state index contributed by atoms with van der Waals surface area (Å²) in [5.74, 6) is 0. The number of hydrogen-bond donors (Lipinski definition) is 2. The van der Waals surface area contributed by atoms with Crippen molar-refractivity contribution >= 4 is 5.71 Å². The summed E-state index contributed by atoms with van der Waals surface area (Å²) in [4.78, 5) is 0. The summed E-state index contributed by atoms with van der Waals surface area (Å²) in [6.45, 7) is 0. The zero-order valence-corrected chi connectivity index (χ0v) is 8.25. The van der Waals surface area contributed by atoms with Crippen molar-refractivity contribution in [2.24, 2.45) is 0 Å². The minimum Gasteiger partial charge on any atom is -0.385 e. The van der Waals surface area contributed by atoms with E-state index in [1.807, 2.05) is 0 Å². The summed E-state index contributed by atoms with van der Waals surface area (Å²) >= 11 is 0. The van der Waals surface area contributed by atoms with Gasteiger partial charge in [0.2, 0.25) is 0 Å². The Bertz CT molecular complexity index is 313. The zero-order chi connectivity index (χ0) is 11.1. The molecule has 0 aromatic heterocycles. The van der Waals surface area contributed by atoms with Crippen LogP contribution < -0.4 is 5.32 Å². The molecule has 2 rings (SSSR count). The Labute approximate surface area is 86.1 Å². The monoisotopic (exact) mass is 218 g/mol. The molecule has 1 fully saturated rings. The molecule has 0 spiro atoms. The Morgan fingerprint density at radius 3 is 2.47 bits per heavy atom. The Balaban J connectivity index is 2.13. The molecule has 2 N–H and O–H groups in total. The van der Waals surface area contributed by atoms with Crippen LogP contribution in [0.5, 0.6) is 0 Å². The molecule has 15 heavy (non-hydrogen) atoms. The maximum Gasteiger partial charge on any atom is 0.432 e. The van der Waals surface area contributed by atoms with Gasteiger partial charge in [0.05, 0.1) is 0 Å². The number of nitrogens with one attached hydrogen (secondary N) is 2. The van der Waals surface area contributed by atoms with E-state index in [1.54, 1.807) is 0 Å². The van der Waals surface area contributed by atoms with Gasteiger partial charge in [-0.2, -0.15) is 13.2 Å². The van der Waals surface area contributed by atoms with Crippen LogP contribution in [0.1, 0.15) is 32.1 Å². The van der Waals surface area contributed by atoms with Gasteiger partial charge in [-0.3, -0.25) is 5.41 Å². The Hall–Kier alpha value is -1.00. The van der Waals surface area contributed by atoms with Crippen LogP contribution in [-0.2, 0) is 0 Å². The van der Waals surface area contributed by atoms with Crippen molar-refractivity contribution in [1.82, 2.24) is 5.32 Å². The van der Waals surface area contributed by atoms with E-state index < -0.39 is 11.9 Å². The first-order valence-corrected chi connectivity index (χ1v) is 5.13. The topological polar surface area (TPSA) is 35.9 Å². The molecule has 0 heterocycles. The molecular weight excluding hydrogens is 205 g/mol. The van der Waals surface area contributed by atoms with Crippen LogP contribution in [-0.4, -0.2) is 17.9 Å². The van der Waals surface area contributed by atoms with Gasteiger partial charge in [-0.05, 0) is 32.1 Å². The van der Waals surface area contributed by atoms with E-state index in [1.165, 1.54) is 0 Å². The van der Waals surface area contributed by atoms with Crippen molar-refractivity contribution in [1.29, 1.82) is 5.41 Å². The number of alkyl halides is 3. The smallest absolute Gasteiger partial charge is 0.385 e. The molecule has 2 aliphatic rings. The fourth-order valence-corrected chi connectivity index (χ4v) is 1.82. The lowest BCUT2D eigenvalue weighted by Gasteiger charge is -2.13. The third-order valence-corrected chi connectivity index (χ3v) is 2.76. The van der Waals surface area contributed by atoms with Gasteiger partial charge in [-0.25, -0.2) is 0 Å². The lowest BCUT2D eigenvalue weighted by Crippen LogP contribution is -2.26. The summed E-state index contributed by atoms with van der Waals surface area (Å²) in [5, 5.41) is 10.2. The average molecular weight is 218 g/mol. The third kappa shape index (κ3) is 2.33. The minimum absolute atomic E-state index is 0.175. The highest BCUT2D eigenvalue weighted by Gasteiger charge is 2.39. The number of allylic oxidation sites excluding steroid dienone is 2. The van der Waals surface area contributed by atoms with Crippen molar-refractivity contribution in [3.63, 3.8) is 0 Å². The van der Waals surface area contributed by atoms with E-state index in [0.717, 1.165) is 19.3 Å². The minimum atomic E-state index is -4.50. The van der Waals surface area contributed by atoms with Gasteiger partial charge in [0.25, 0.3) is 0 Å². The van der Waals surface area contributed by atoms with Crippen LogP contribution in [0.2, 0.25) is 0 Å². The van der Waals surface area contributed by atoms with Gasteiger partial charge in [-0.1, -0.05) is 0 Å². The highest BCUT2D eigenvalue weighted by molar-refractivity contribution is 6.02. The molecule has 0 bridgehead atoms. The SMILES string of the molecule is N=C(C1=C(NC2CC2)CCC1)C(F)(F)F. The molecule has 0 radical (unpaired) electrons. The largest absolute Gasteiger partial charge is 0.432 e. The lowest BCUT2D eigenvalue weighted by molar-refractivity contribution is -0.0591. The van der Waals surface area contributed by atoms with E-state index in [4.69, 9.17) is 5.41 Å². The fraction of sp³-hybridized carbons (Fsp3) is 0.700. The number of halogens is 3. The van der Waals surface area contributed by atoms with E-state index >= 15 is 0 Å². The summed E-state index contributed by atoms with van der Waals surface area (Å²) in [7, 11) is 0. The van der Waals surface area contributed by atoms with Crippen molar-refractivity contribution in [2.45, 2.75) is 44.3 Å². The summed E-state index contributed by atoms with van der Waals surface area (Å²) in [6.07, 6.45) is -0.664.